The first-order valence-electron chi connectivity index (χ1n) is 7.54. The third-order valence-electron chi connectivity index (χ3n) is 4.24. The largest absolute Gasteiger partial charge is 0.495 e. The van der Waals surface area contributed by atoms with Gasteiger partial charge in [0, 0.05) is 18.7 Å². The van der Waals surface area contributed by atoms with Crippen LogP contribution in [0.2, 0.25) is 5.02 Å². The second-order valence-corrected chi connectivity index (χ2v) is 6.62. The summed E-state index contributed by atoms with van der Waals surface area (Å²) in [6.07, 6.45) is 1.01. The molecule has 1 heterocycles. The van der Waals surface area contributed by atoms with Crippen LogP contribution in [0.15, 0.2) is 12.1 Å². The molecule has 1 aromatic carbocycles. The Bertz CT molecular complexity index is 586. The van der Waals surface area contributed by atoms with Gasteiger partial charge in [-0.25, -0.2) is 0 Å². The minimum absolute atomic E-state index is 0. The van der Waals surface area contributed by atoms with Crippen LogP contribution >= 0.6 is 24.0 Å². The number of rotatable bonds is 6. The van der Waals surface area contributed by atoms with Crippen molar-refractivity contribution >= 4 is 35.6 Å². The van der Waals surface area contributed by atoms with E-state index in [4.69, 9.17) is 26.8 Å². The summed E-state index contributed by atoms with van der Waals surface area (Å²) in [6.45, 7) is 4.81. The van der Waals surface area contributed by atoms with E-state index in [0.717, 1.165) is 19.5 Å². The van der Waals surface area contributed by atoms with E-state index in [2.05, 4.69) is 17.1 Å². The van der Waals surface area contributed by atoms with E-state index in [1.807, 2.05) is 0 Å². The monoisotopic (exact) mass is 377 g/mol. The van der Waals surface area contributed by atoms with Gasteiger partial charge in [-0.3, -0.25) is 9.69 Å². The molecule has 0 aliphatic carbocycles. The molecular formula is C16H25Cl2N3O3. The summed E-state index contributed by atoms with van der Waals surface area (Å²) in [7, 11) is 3.05. The Labute approximate surface area is 154 Å². The first-order valence-corrected chi connectivity index (χ1v) is 7.92. The molecule has 1 atom stereocenters. The highest BCUT2D eigenvalue weighted by molar-refractivity contribution is 6.32. The number of nitrogens with one attached hydrogen (secondary N) is 1. The highest BCUT2D eigenvalue weighted by Gasteiger charge is 2.33. The maximum Gasteiger partial charge on any atom is 0.238 e. The predicted molar refractivity (Wildman–Crippen MR) is 98.7 cm³/mol. The van der Waals surface area contributed by atoms with Crippen LogP contribution < -0.4 is 20.5 Å². The molecular weight excluding hydrogens is 353 g/mol. The molecule has 1 aliphatic heterocycles. The second-order valence-electron chi connectivity index (χ2n) is 6.21. The van der Waals surface area contributed by atoms with Crippen LogP contribution in [0.5, 0.6) is 11.5 Å². The minimum atomic E-state index is -0.103. The smallest absolute Gasteiger partial charge is 0.238 e. The first kappa shape index (κ1) is 20.8. The molecule has 0 bridgehead atoms. The number of halogens is 2. The molecule has 1 unspecified atom stereocenters. The number of nitrogens with two attached hydrogens (primary N) is 1. The maximum atomic E-state index is 12.3. The van der Waals surface area contributed by atoms with Gasteiger partial charge in [0.05, 0.1) is 31.5 Å². The number of amides is 1. The zero-order chi connectivity index (χ0) is 17.0. The van der Waals surface area contributed by atoms with Crippen LogP contribution in [0.1, 0.15) is 13.3 Å². The summed E-state index contributed by atoms with van der Waals surface area (Å²) in [4.78, 5) is 14.4. The van der Waals surface area contributed by atoms with Gasteiger partial charge >= 0.3 is 0 Å². The summed E-state index contributed by atoms with van der Waals surface area (Å²) >= 11 is 6.06. The fraction of sp³-hybridized carbons (Fsp3) is 0.562. The number of methoxy groups -OCH3 is 2. The molecule has 0 radical (unpaired) electrons. The molecule has 6 nitrogen and oxygen atoms in total. The zero-order valence-electron chi connectivity index (χ0n) is 14.2. The van der Waals surface area contributed by atoms with Crippen LogP contribution in [-0.2, 0) is 4.79 Å². The first-order chi connectivity index (χ1) is 10.9. The number of hydrogen-bond acceptors (Lipinski definition) is 5. The van der Waals surface area contributed by atoms with Gasteiger partial charge in [0.1, 0.15) is 11.5 Å². The third kappa shape index (κ3) is 4.89. The Morgan fingerprint density at radius 2 is 2.04 bits per heavy atom. The van der Waals surface area contributed by atoms with Crippen LogP contribution in [0.4, 0.5) is 5.69 Å². The SMILES string of the molecule is COc1cc(NC(=O)CN2CCC(C)(CN)C2)c(OC)cc1Cl.Cl. The molecule has 1 amide bonds. The number of benzene rings is 1. The van der Waals surface area contributed by atoms with Crippen LogP contribution in [0.25, 0.3) is 0 Å². The van der Waals surface area contributed by atoms with E-state index in [1.165, 1.54) is 14.2 Å². The van der Waals surface area contributed by atoms with E-state index in [1.54, 1.807) is 12.1 Å². The number of anilines is 1. The molecule has 136 valence electrons. The van der Waals surface area contributed by atoms with E-state index >= 15 is 0 Å². The van der Waals surface area contributed by atoms with Crippen molar-refractivity contribution in [1.82, 2.24) is 4.90 Å². The second kappa shape index (κ2) is 8.76. The molecule has 2 rings (SSSR count). The van der Waals surface area contributed by atoms with E-state index < -0.39 is 0 Å². The minimum Gasteiger partial charge on any atom is -0.495 e. The van der Waals surface area contributed by atoms with Crippen molar-refractivity contribution < 1.29 is 14.3 Å². The summed E-state index contributed by atoms with van der Waals surface area (Å²) in [5.74, 6) is 0.881. The summed E-state index contributed by atoms with van der Waals surface area (Å²) in [5.41, 5.74) is 6.44. The Hall–Kier alpha value is -1.21. The number of hydrogen-bond donors (Lipinski definition) is 2. The quantitative estimate of drug-likeness (QED) is 0.795. The lowest BCUT2D eigenvalue weighted by Gasteiger charge is -2.22. The molecule has 1 aliphatic rings. The van der Waals surface area contributed by atoms with Crippen molar-refractivity contribution in [2.24, 2.45) is 11.1 Å². The molecule has 24 heavy (non-hydrogen) atoms. The average molecular weight is 378 g/mol. The zero-order valence-corrected chi connectivity index (χ0v) is 15.8. The van der Waals surface area contributed by atoms with E-state index in [9.17, 15) is 4.79 Å². The molecule has 3 N–H and O–H groups in total. The highest BCUT2D eigenvalue weighted by Crippen LogP contribution is 2.36. The van der Waals surface area contributed by atoms with Crippen LogP contribution in [-0.4, -0.2) is 51.2 Å². The van der Waals surface area contributed by atoms with Crippen molar-refractivity contribution in [1.29, 1.82) is 0 Å². The van der Waals surface area contributed by atoms with Gasteiger partial charge in [-0.1, -0.05) is 18.5 Å². The molecule has 0 aromatic heterocycles. The lowest BCUT2D eigenvalue weighted by Crippen LogP contribution is -2.35. The molecule has 0 spiro atoms. The Morgan fingerprint density at radius 1 is 1.38 bits per heavy atom. The molecule has 1 fully saturated rings. The summed E-state index contributed by atoms with van der Waals surface area (Å²) < 4.78 is 10.4. The van der Waals surface area contributed by atoms with Crippen molar-refractivity contribution in [2.45, 2.75) is 13.3 Å². The summed E-state index contributed by atoms with van der Waals surface area (Å²) in [6, 6.07) is 3.28. The molecule has 1 aromatic rings. The van der Waals surface area contributed by atoms with Crippen molar-refractivity contribution in [3.8, 4) is 11.5 Å². The maximum absolute atomic E-state index is 12.3. The highest BCUT2D eigenvalue weighted by atomic mass is 35.5. The van der Waals surface area contributed by atoms with Gasteiger partial charge in [-0.15, -0.1) is 12.4 Å². The van der Waals surface area contributed by atoms with Crippen LogP contribution in [0, 0.1) is 5.41 Å². The Balaban J connectivity index is 0.00000288. The number of nitrogens with zero attached hydrogens (tertiary/aromatic N) is 1. The molecule has 0 saturated carbocycles. The molecule has 1 saturated heterocycles. The summed E-state index contributed by atoms with van der Waals surface area (Å²) in [5, 5.41) is 3.29. The van der Waals surface area contributed by atoms with Crippen molar-refractivity contribution in [3.63, 3.8) is 0 Å². The number of carbonyl (C=O) groups is 1. The van der Waals surface area contributed by atoms with E-state index in [-0.39, 0.29) is 23.7 Å². The third-order valence-corrected chi connectivity index (χ3v) is 4.54. The fourth-order valence-electron chi connectivity index (χ4n) is 2.78. The normalized spacial score (nSPS) is 20.4. The van der Waals surface area contributed by atoms with E-state index in [0.29, 0.717) is 35.3 Å². The van der Waals surface area contributed by atoms with Gasteiger partial charge < -0.3 is 20.5 Å². The standard InChI is InChI=1S/C16H24ClN3O3.ClH/c1-16(9-18)4-5-20(10-16)8-15(21)19-12-7-13(22-2)11(17)6-14(12)23-3;/h6-7H,4-5,8-10,18H2,1-3H3,(H,19,21);1H. The lowest BCUT2D eigenvalue weighted by atomic mass is 9.90. The number of ether oxygens (including phenoxy) is 2. The Morgan fingerprint density at radius 3 is 2.58 bits per heavy atom. The van der Waals surface area contributed by atoms with Crippen molar-refractivity contribution in [3.05, 3.63) is 17.2 Å². The molecule has 8 heteroatoms. The predicted octanol–water partition coefficient (Wildman–Crippen LogP) is 2.39. The Kier molecular flexibility index (Phi) is 7.60. The van der Waals surface area contributed by atoms with Gasteiger partial charge in [-0.05, 0) is 24.9 Å². The fourth-order valence-corrected chi connectivity index (χ4v) is 3.01. The van der Waals surface area contributed by atoms with Gasteiger partial charge in [-0.2, -0.15) is 0 Å². The van der Waals surface area contributed by atoms with Gasteiger partial charge in [0.25, 0.3) is 0 Å². The lowest BCUT2D eigenvalue weighted by molar-refractivity contribution is -0.117. The number of carbonyl (C=O) groups excluding carboxylic acids is 1. The van der Waals surface area contributed by atoms with Crippen LogP contribution in [0.3, 0.4) is 0 Å². The number of likely N-dealkylation sites (tertiary alicyclic amines) is 1. The topological polar surface area (TPSA) is 76.8 Å². The average Bonchev–Trinajstić information content (AvgIpc) is 2.90. The van der Waals surface area contributed by atoms with Gasteiger partial charge in [0.2, 0.25) is 5.91 Å². The van der Waals surface area contributed by atoms with Crippen molar-refractivity contribution in [2.75, 3.05) is 45.7 Å². The van der Waals surface area contributed by atoms with Gasteiger partial charge in [0.15, 0.2) is 0 Å².